The summed E-state index contributed by atoms with van der Waals surface area (Å²) < 4.78 is 5.32. The molecule has 0 aliphatic heterocycles. The van der Waals surface area contributed by atoms with Crippen molar-refractivity contribution in [2.75, 3.05) is 11.5 Å². The Labute approximate surface area is 96.2 Å². The molecule has 5 nitrogen and oxygen atoms in total. The molecule has 0 saturated heterocycles. The fraction of sp³-hybridized carbons (Fsp3) is 0. The van der Waals surface area contributed by atoms with Gasteiger partial charge in [-0.15, -0.1) is 0 Å². The second-order valence-corrected chi connectivity index (χ2v) is 3.89. The summed E-state index contributed by atoms with van der Waals surface area (Å²) in [5.41, 5.74) is 14.1. The number of anilines is 2. The SMILES string of the molecule is Nc1cc(-c2cc3oc2c(N)c3O)ccc1O. The van der Waals surface area contributed by atoms with E-state index in [2.05, 4.69) is 0 Å². The third-order valence-electron chi connectivity index (χ3n) is 2.80. The number of rotatable bonds is 1. The fourth-order valence-corrected chi connectivity index (χ4v) is 1.88. The summed E-state index contributed by atoms with van der Waals surface area (Å²) in [6.07, 6.45) is 0. The van der Waals surface area contributed by atoms with Crippen molar-refractivity contribution in [3.63, 3.8) is 0 Å². The Hall–Kier alpha value is -2.56. The van der Waals surface area contributed by atoms with Crippen molar-refractivity contribution in [1.82, 2.24) is 0 Å². The van der Waals surface area contributed by atoms with E-state index in [9.17, 15) is 10.2 Å². The quantitative estimate of drug-likeness (QED) is 0.378. The smallest absolute Gasteiger partial charge is 0.185 e. The van der Waals surface area contributed by atoms with Gasteiger partial charge in [0.15, 0.2) is 16.9 Å². The van der Waals surface area contributed by atoms with E-state index in [1.807, 2.05) is 0 Å². The molecule has 86 valence electrons. The van der Waals surface area contributed by atoms with Gasteiger partial charge in [0.05, 0.1) is 5.69 Å². The number of phenolic OH excluding ortho intramolecular Hbond substituents is 2. The predicted octanol–water partition coefficient (Wildman–Crippen LogP) is 2.11. The van der Waals surface area contributed by atoms with Gasteiger partial charge in [-0.05, 0) is 23.8 Å². The first-order chi connectivity index (χ1) is 8.08. The van der Waals surface area contributed by atoms with E-state index in [1.54, 1.807) is 18.2 Å². The zero-order valence-electron chi connectivity index (χ0n) is 8.77. The van der Waals surface area contributed by atoms with E-state index < -0.39 is 0 Å². The lowest BCUT2D eigenvalue weighted by molar-refractivity contribution is 0.477. The van der Waals surface area contributed by atoms with E-state index in [0.29, 0.717) is 11.2 Å². The number of hydrogen-bond acceptors (Lipinski definition) is 5. The van der Waals surface area contributed by atoms with Crippen LogP contribution >= 0.6 is 0 Å². The van der Waals surface area contributed by atoms with Gasteiger partial charge in [-0.25, -0.2) is 0 Å². The zero-order chi connectivity index (χ0) is 12.2. The lowest BCUT2D eigenvalue weighted by atomic mass is 10.0. The van der Waals surface area contributed by atoms with Crippen LogP contribution in [0.25, 0.3) is 22.3 Å². The van der Waals surface area contributed by atoms with E-state index in [-0.39, 0.29) is 22.9 Å². The van der Waals surface area contributed by atoms with Crippen molar-refractivity contribution in [3.05, 3.63) is 24.3 Å². The summed E-state index contributed by atoms with van der Waals surface area (Å²) in [5.74, 6) is -0.00191. The molecule has 0 atom stereocenters. The lowest BCUT2D eigenvalue weighted by Gasteiger charge is -2.03. The molecule has 3 rings (SSSR count). The minimum absolute atomic E-state index is 0.0300. The summed E-state index contributed by atoms with van der Waals surface area (Å²) in [6, 6.07) is 6.53. The summed E-state index contributed by atoms with van der Waals surface area (Å²) in [6.45, 7) is 0. The van der Waals surface area contributed by atoms with Crippen molar-refractivity contribution >= 4 is 22.5 Å². The molecule has 1 aromatic carbocycles. The van der Waals surface area contributed by atoms with Crippen LogP contribution in [0.4, 0.5) is 11.4 Å². The van der Waals surface area contributed by atoms with Crippen molar-refractivity contribution in [2.45, 2.75) is 0 Å². The molecule has 2 bridgehead atoms. The molecule has 0 aliphatic carbocycles. The lowest BCUT2D eigenvalue weighted by Crippen LogP contribution is -1.88. The van der Waals surface area contributed by atoms with Crippen molar-refractivity contribution in [3.8, 4) is 22.6 Å². The highest BCUT2D eigenvalue weighted by molar-refractivity contribution is 5.99. The van der Waals surface area contributed by atoms with Crippen LogP contribution in [0.1, 0.15) is 0 Å². The molecular formula is C12H10N2O3. The maximum Gasteiger partial charge on any atom is 0.185 e. The Bertz CT molecular complexity index is 703. The second-order valence-electron chi connectivity index (χ2n) is 3.89. The summed E-state index contributed by atoms with van der Waals surface area (Å²) >= 11 is 0. The third kappa shape index (κ3) is 1.19. The van der Waals surface area contributed by atoms with Gasteiger partial charge in [-0.2, -0.15) is 0 Å². The molecule has 0 saturated carbocycles. The molecule has 2 heterocycles. The highest BCUT2D eigenvalue weighted by Crippen LogP contribution is 2.44. The number of aromatic hydroxyl groups is 2. The second kappa shape index (κ2) is 2.98. The fourth-order valence-electron chi connectivity index (χ4n) is 1.88. The number of benzene rings is 2. The van der Waals surface area contributed by atoms with Gasteiger partial charge in [0.2, 0.25) is 0 Å². The number of nitrogen functional groups attached to an aromatic ring is 2. The Morgan fingerprint density at radius 1 is 1.06 bits per heavy atom. The van der Waals surface area contributed by atoms with Gasteiger partial charge in [0.25, 0.3) is 0 Å². The molecule has 0 unspecified atom stereocenters. The molecule has 6 N–H and O–H groups in total. The maximum absolute atomic E-state index is 9.51. The Morgan fingerprint density at radius 3 is 2.41 bits per heavy atom. The average Bonchev–Trinajstić information content (AvgIpc) is 2.84. The summed E-state index contributed by atoms with van der Waals surface area (Å²) in [5, 5.41) is 18.9. The minimum Gasteiger partial charge on any atom is -0.506 e. The Kier molecular flexibility index (Phi) is 1.69. The van der Waals surface area contributed by atoms with Crippen LogP contribution < -0.4 is 11.5 Å². The predicted molar refractivity (Wildman–Crippen MR) is 65.0 cm³/mol. The normalized spacial score (nSPS) is 11.3. The number of hydrogen-bond donors (Lipinski definition) is 4. The molecule has 0 radical (unpaired) electrons. The van der Waals surface area contributed by atoms with E-state index in [4.69, 9.17) is 15.9 Å². The van der Waals surface area contributed by atoms with Gasteiger partial charge in [-0.3, -0.25) is 0 Å². The van der Waals surface area contributed by atoms with Gasteiger partial charge in [0.1, 0.15) is 11.4 Å². The van der Waals surface area contributed by atoms with Crippen LogP contribution in [0.3, 0.4) is 0 Å². The molecule has 0 spiro atoms. The highest BCUT2D eigenvalue weighted by atomic mass is 16.4. The van der Waals surface area contributed by atoms with Crippen molar-refractivity contribution in [2.24, 2.45) is 0 Å². The van der Waals surface area contributed by atoms with Crippen LogP contribution in [0.5, 0.6) is 11.5 Å². The zero-order valence-corrected chi connectivity index (χ0v) is 8.77. The largest absolute Gasteiger partial charge is 0.506 e. The van der Waals surface area contributed by atoms with Gasteiger partial charge in [0, 0.05) is 5.56 Å². The topological polar surface area (TPSA) is 106 Å². The van der Waals surface area contributed by atoms with E-state index >= 15 is 0 Å². The van der Waals surface area contributed by atoms with Crippen LogP contribution in [0.2, 0.25) is 0 Å². The van der Waals surface area contributed by atoms with Crippen LogP contribution in [-0.4, -0.2) is 10.2 Å². The third-order valence-corrected chi connectivity index (χ3v) is 2.80. The molecule has 0 fully saturated rings. The highest BCUT2D eigenvalue weighted by Gasteiger charge is 2.19. The molecular weight excluding hydrogens is 220 g/mol. The first-order valence-corrected chi connectivity index (χ1v) is 5.00. The molecule has 5 heteroatoms. The summed E-state index contributed by atoms with van der Waals surface area (Å²) in [4.78, 5) is 0. The van der Waals surface area contributed by atoms with Gasteiger partial charge < -0.3 is 26.1 Å². The number of fused-ring (bicyclic) bond motifs is 2. The Morgan fingerprint density at radius 2 is 1.82 bits per heavy atom. The minimum atomic E-state index is -0.0319. The average molecular weight is 230 g/mol. The molecule has 0 aliphatic rings. The standard InChI is InChI=1S/C12H10N2O3/c13-7-3-5(1-2-8(7)15)6-4-9-11(16)10(14)12(6)17-9/h1-4,15-16H,13-14H2. The first-order valence-electron chi connectivity index (χ1n) is 5.00. The van der Waals surface area contributed by atoms with E-state index in [0.717, 1.165) is 11.1 Å². The summed E-state index contributed by atoms with van der Waals surface area (Å²) in [7, 11) is 0. The van der Waals surface area contributed by atoms with Crippen LogP contribution in [0, 0.1) is 0 Å². The molecule has 17 heavy (non-hydrogen) atoms. The van der Waals surface area contributed by atoms with Crippen molar-refractivity contribution < 1.29 is 14.6 Å². The van der Waals surface area contributed by atoms with Gasteiger partial charge >= 0.3 is 0 Å². The molecule has 3 aromatic rings. The number of furan rings is 2. The molecule has 0 amide bonds. The maximum atomic E-state index is 9.51. The van der Waals surface area contributed by atoms with E-state index in [1.165, 1.54) is 6.07 Å². The van der Waals surface area contributed by atoms with Gasteiger partial charge in [-0.1, -0.05) is 6.07 Å². The molecule has 2 aromatic heterocycles. The number of phenols is 2. The Balaban J connectivity index is 2.23. The van der Waals surface area contributed by atoms with Crippen molar-refractivity contribution in [1.29, 1.82) is 0 Å². The first kappa shape index (κ1) is 9.65. The number of nitrogens with two attached hydrogens (primary N) is 2. The van der Waals surface area contributed by atoms with Crippen LogP contribution in [0.15, 0.2) is 28.7 Å². The monoisotopic (exact) mass is 230 g/mol. The van der Waals surface area contributed by atoms with Crippen LogP contribution in [-0.2, 0) is 0 Å².